The molecule has 0 aromatic heterocycles. The summed E-state index contributed by atoms with van der Waals surface area (Å²) in [5.74, 6) is -0.212. The highest BCUT2D eigenvalue weighted by Crippen LogP contribution is 2.10. The third kappa shape index (κ3) is 5.86. The van der Waals surface area contributed by atoms with E-state index in [1.54, 1.807) is 0 Å². The molecule has 0 saturated carbocycles. The first-order valence-corrected chi connectivity index (χ1v) is 8.02. The molecule has 2 rings (SSSR count). The van der Waals surface area contributed by atoms with Gasteiger partial charge in [0.2, 0.25) is 0 Å². The van der Waals surface area contributed by atoms with Gasteiger partial charge in [-0.05, 0) is 71.2 Å². The molecule has 0 unspecified atom stereocenters. The molecule has 114 valence electrons. The molecule has 0 bridgehead atoms. The summed E-state index contributed by atoms with van der Waals surface area (Å²) in [6, 6.07) is 17.3. The fourth-order valence-corrected chi connectivity index (χ4v) is 2.13. The van der Waals surface area contributed by atoms with Crippen molar-refractivity contribution in [2.45, 2.75) is 0 Å². The lowest BCUT2D eigenvalue weighted by molar-refractivity contribution is -0.119. The topological polar surface area (TPSA) is 65.2 Å². The third-order valence-electron chi connectivity index (χ3n) is 2.64. The van der Waals surface area contributed by atoms with E-state index in [1.807, 2.05) is 54.6 Å². The lowest BCUT2D eigenvalue weighted by atomic mass is 10.3. The van der Waals surface area contributed by atoms with E-state index in [0.717, 1.165) is 14.9 Å². The predicted molar refractivity (Wildman–Crippen MR) is 102 cm³/mol. The maximum atomic E-state index is 11.7. The lowest BCUT2D eigenvalue weighted by Crippen LogP contribution is -2.45. The molecule has 5 nitrogen and oxygen atoms in total. The second-order valence-corrected chi connectivity index (χ2v) is 6.01. The number of amides is 1. The average Bonchev–Trinajstić information content (AvgIpc) is 2.53. The van der Waals surface area contributed by atoms with Crippen LogP contribution in [-0.4, -0.2) is 17.6 Å². The van der Waals surface area contributed by atoms with Crippen molar-refractivity contribution in [1.82, 2.24) is 10.9 Å². The number of anilines is 2. The van der Waals surface area contributed by atoms with E-state index in [-0.39, 0.29) is 12.5 Å². The Hall–Kier alpha value is -1.87. The second-order valence-electron chi connectivity index (χ2n) is 4.35. The number of halogens is 1. The molecule has 0 aliphatic rings. The number of nitrogens with one attached hydrogen (secondary N) is 4. The molecular weight excluding hydrogens is 411 g/mol. The van der Waals surface area contributed by atoms with Crippen LogP contribution in [0.15, 0.2) is 54.6 Å². The van der Waals surface area contributed by atoms with Gasteiger partial charge in [0, 0.05) is 14.9 Å². The van der Waals surface area contributed by atoms with Crippen molar-refractivity contribution in [3.05, 3.63) is 58.2 Å². The van der Waals surface area contributed by atoms with Gasteiger partial charge in [0.1, 0.15) is 0 Å². The molecule has 0 fully saturated rings. The van der Waals surface area contributed by atoms with Crippen molar-refractivity contribution >= 4 is 57.2 Å². The van der Waals surface area contributed by atoms with E-state index in [9.17, 15) is 4.79 Å². The number of rotatable bonds is 4. The molecule has 22 heavy (non-hydrogen) atoms. The van der Waals surface area contributed by atoms with Crippen LogP contribution < -0.4 is 21.5 Å². The summed E-state index contributed by atoms with van der Waals surface area (Å²) in [4.78, 5) is 11.7. The first-order chi connectivity index (χ1) is 10.6. The van der Waals surface area contributed by atoms with Gasteiger partial charge < -0.3 is 10.6 Å². The predicted octanol–water partition coefficient (Wildman–Crippen LogP) is 2.72. The Morgan fingerprint density at radius 2 is 1.64 bits per heavy atom. The number of thiocarbonyl (C=S) groups is 1. The standard InChI is InChI=1S/C15H15IN4OS/c16-11-6-8-12(9-7-11)17-10-14(21)19-20-15(22)18-13-4-2-1-3-5-13/h1-9,17H,10H2,(H,19,21)(H2,18,20,22). The minimum atomic E-state index is -0.212. The molecule has 0 aliphatic heterocycles. The van der Waals surface area contributed by atoms with Crippen LogP contribution in [0.5, 0.6) is 0 Å². The maximum Gasteiger partial charge on any atom is 0.257 e. The van der Waals surface area contributed by atoms with E-state index in [0.29, 0.717) is 5.11 Å². The molecule has 0 saturated heterocycles. The molecule has 2 aromatic rings. The number of hydrogen-bond donors (Lipinski definition) is 4. The summed E-state index contributed by atoms with van der Waals surface area (Å²) >= 11 is 7.32. The maximum absolute atomic E-state index is 11.7. The van der Waals surface area contributed by atoms with Crippen LogP contribution in [0.1, 0.15) is 0 Å². The van der Waals surface area contributed by atoms with Crippen LogP contribution in [0.3, 0.4) is 0 Å². The molecule has 7 heteroatoms. The van der Waals surface area contributed by atoms with Gasteiger partial charge in [-0.3, -0.25) is 15.6 Å². The summed E-state index contributed by atoms with van der Waals surface area (Å²) < 4.78 is 1.15. The number of carbonyl (C=O) groups excluding carboxylic acids is 1. The number of hydrogen-bond acceptors (Lipinski definition) is 3. The highest BCUT2D eigenvalue weighted by Gasteiger charge is 2.02. The minimum Gasteiger partial charge on any atom is -0.376 e. The van der Waals surface area contributed by atoms with Crippen molar-refractivity contribution in [1.29, 1.82) is 0 Å². The molecule has 1 amide bonds. The first kappa shape index (κ1) is 16.5. The van der Waals surface area contributed by atoms with E-state index in [1.165, 1.54) is 0 Å². The Morgan fingerprint density at radius 3 is 2.32 bits per heavy atom. The zero-order chi connectivity index (χ0) is 15.8. The van der Waals surface area contributed by atoms with Gasteiger partial charge in [0.05, 0.1) is 6.54 Å². The van der Waals surface area contributed by atoms with E-state index >= 15 is 0 Å². The van der Waals surface area contributed by atoms with Gasteiger partial charge in [0.15, 0.2) is 5.11 Å². The van der Waals surface area contributed by atoms with Crippen molar-refractivity contribution in [2.24, 2.45) is 0 Å². The summed E-state index contributed by atoms with van der Waals surface area (Å²) in [6.07, 6.45) is 0. The van der Waals surface area contributed by atoms with Crippen LogP contribution in [-0.2, 0) is 4.79 Å². The Balaban J connectivity index is 1.69. The van der Waals surface area contributed by atoms with Crippen molar-refractivity contribution in [3.63, 3.8) is 0 Å². The average molecular weight is 426 g/mol. The smallest absolute Gasteiger partial charge is 0.257 e. The van der Waals surface area contributed by atoms with Crippen molar-refractivity contribution in [2.75, 3.05) is 17.2 Å². The molecule has 0 radical (unpaired) electrons. The zero-order valence-electron chi connectivity index (χ0n) is 11.6. The van der Waals surface area contributed by atoms with Gasteiger partial charge in [-0.15, -0.1) is 0 Å². The quantitative estimate of drug-likeness (QED) is 0.344. The van der Waals surface area contributed by atoms with E-state index in [4.69, 9.17) is 12.2 Å². The Labute approximate surface area is 148 Å². The van der Waals surface area contributed by atoms with Gasteiger partial charge >= 0.3 is 0 Å². The highest BCUT2D eigenvalue weighted by molar-refractivity contribution is 14.1. The number of para-hydroxylation sites is 1. The Bertz CT molecular complexity index is 634. The largest absolute Gasteiger partial charge is 0.376 e. The van der Waals surface area contributed by atoms with Crippen LogP contribution in [0.25, 0.3) is 0 Å². The van der Waals surface area contributed by atoms with Crippen LogP contribution in [0.2, 0.25) is 0 Å². The van der Waals surface area contributed by atoms with E-state index < -0.39 is 0 Å². The Morgan fingerprint density at radius 1 is 0.955 bits per heavy atom. The third-order valence-corrected chi connectivity index (χ3v) is 3.57. The highest BCUT2D eigenvalue weighted by atomic mass is 127. The fourth-order valence-electron chi connectivity index (χ4n) is 1.60. The first-order valence-electron chi connectivity index (χ1n) is 6.54. The van der Waals surface area contributed by atoms with Gasteiger partial charge in [0.25, 0.3) is 5.91 Å². The van der Waals surface area contributed by atoms with Gasteiger partial charge in [-0.25, -0.2) is 0 Å². The van der Waals surface area contributed by atoms with Gasteiger partial charge in [-0.2, -0.15) is 0 Å². The molecule has 4 N–H and O–H groups in total. The lowest BCUT2D eigenvalue weighted by Gasteiger charge is -2.12. The molecular formula is C15H15IN4OS. The molecule has 0 heterocycles. The zero-order valence-corrected chi connectivity index (χ0v) is 14.6. The van der Waals surface area contributed by atoms with E-state index in [2.05, 4.69) is 44.1 Å². The minimum absolute atomic E-state index is 0.154. The second kappa shape index (κ2) is 8.54. The SMILES string of the molecule is O=C(CNc1ccc(I)cc1)NNC(=S)Nc1ccccc1. The van der Waals surface area contributed by atoms with Crippen molar-refractivity contribution in [3.8, 4) is 0 Å². The summed E-state index contributed by atoms with van der Waals surface area (Å²) in [7, 11) is 0. The monoisotopic (exact) mass is 426 g/mol. The number of carbonyl (C=O) groups is 1. The van der Waals surface area contributed by atoms with Crippen LogP contribution in [0.4, 0.5) is 11.4 Å². The van der Waals surface area contributed by atoms with Crippen LogP contribution >= 0.6 is 34.8 Å². The molecule has 0 spiro atoms. The van der Waals surface area contributed by atoms with Crippen LogP contribution in [0, 0.1) is 3.57 Å². The summed E-state index contributed by atoms with van der Waals surface area (Å²) in [5.41, 5.74) is 6.93. The van der Waals surface area contributed by atoms with Crippen molar-refractivity contribution < 1.29 is 4.79 Å². The summed E-state index contributed by atoms with van der Waals surface area (Å²) in [6.45, 7) is 0.154. The number of hydrazine groups is 1. The van der Waals surface area contributed by atoms with Gasteiger partial charge in [-0.1, -0.05) is 18.2 Å². The Kier molecular flexibility index (Phi) is 6.41. The fraction of sp³-hybridized carbons (Fsp3) is 0.0667. The summed E-state index contributed by atoms with van der Waals surface area (Å²) in [5, 5.41) is 6.32. The normalized spacial score (nSPS) is 9.68. The number of benzene rings is 2. The molecule has 2 aromatic carbocycles. The molecule has 0 atom stereocenters. The molecule has 0 aliphatic carbocycles.